The van der Waals surface area contributed by atoms with E-state index in [0.29, 0.717) is 6.42 Å². The minimum atomic E-state index is -0.174. The number of likely N-dealkylation sites (tertiary alicyclic amines) is 1. The molecule has 0 unspecified atom stereocenters. The van der Waals surface area contributed by atoms with E-state index in [9.17, 15) is 4.79 Å². The summed E-state index contributed by atoms with van der Waals surface area (Å²) in [6.45, 7) is 3.99. The molecular formula is C10H17N5O. The second kappa shape index (κ2) is 3.86. The van der Waals surface area contributed by atoms with E-state index >= 15 is 0 Å². The molecule has 1 aromatic heterocycles. The van der Waals surface area contributed by atoms with Gasteiger partial charge < -0.3 is 10.6 Å². The van der Waals surface area contributed by atoms with E-state index in [1.807, 2.05) is 25.8 Å². The highest BCUT2D eigenvalue weighted by molar-refractivity contribution is 5.80. The first-order chi connectivity index (χ1) is 7.52. The molecule has 2 N–H and O–H groups in total. The van der Waals surface area contributed by atoms with Gasteiger partial charge in [0.15, 0.2) is 0 Å². The van der Waals surface area contributed by atoms with E-state index in [4.69, 9.17) is 5.73 Å². The van der Waals surface area contributed by atoms with Crippen LogP contribution in [0.15, 0.2) is 6.20 Å². The maximum Gasteiger partial charge on any atom is 0.225 e. The highest BCUT2D eigenvalue weighted by Gasteiger charge is 2.41. The van der Waals surface area contributed by atoms with Crippen molar-refractivity contribution in [2.24, 2.45) is 12.8 Å². The third kappa shape index (κ3) is 1.59. The molecule has 1 amide bonds. The number of amides is 1. The molecule has 0 radical (unpaired) electrons. The number of nitrogens with two attached hydrogens (primary N) is 1. The number of carbonyl (C=O) groups excluding carboxylic acids is 1. The monoisotopic (exact) mass is 223 g/mol. The van der Waals surface area contributed by atoms with Crippen LogP contribution in [0.1, 0.15) is 32.0 Å². The molecule has 6 nitrogen and oxygen atoms in total. The van der Waals surface area contributed by atoms with Crippen LogP contribution >= 0.6 is 0 Å². The molecular weight excluding hydrogens is 206 g/mol. The highest BCUT2D eigenvalue weighted by atomic mass is 16.2. The topological polar surface area (TPSA) is 77.0 Å². The lowest BCUT2D eigenvalue weighted by Crippen LogP contribution is -2.38. The molecule has 2 heterocycles. The zero-order valence-electron chi connectivity index (χ0n) is 9.79. The molecule has 1 saturated heterocycles. The molecule has 0 saturated carbocycles. The van der Waals surface area contributed by atoms with Gasteiger partial charge in [-0.3, -0.25) is 9.48 Å². The van der Waals surface area contributed by atoms with Gasteiger partial charge in [-0.05, 0) is 13.8 Å². The largest absolute Gasteiger partial charge is 0.330 e. The van der Waals surface area contributed by atoms with Crippen LogP contribution < -0.4 is 5.73 Å². The average molecular weight is 223 g/mol. The Labute approximate surface area is 94.4 Å². The minimum Gasteiger partial charge on any atom is -0.330 e. The van der Waals surface area contributed by atoms with Gasteiger partial charge >= 0.3 is 0 Å². The summed E-state index contributed by atoms with van der Waals surface area (Å²) in [5.74, 6) is 0.105. The number of aromatic nitrogens is 3. The number of hydrogen-bond acceptors (Lipinski definition) is 4. The second-order valence-electron chi connectivity index (χ2n) is 4.49. The Morgan fingerprint density at radius 1 is 1.56 bits per heavy atom. The first kappa shape index (κ1) is 11.1. The van der Waals surface area contributed by atoms with Crippen molar-refractivity contribution in [1.29, 1.82) is 0 Å². The van der Waals surface area contributed by atoms with Crippen molar-refractivity contribution >= 4 is 5.91 Å². The number of hydrogen-bond donors (Lipinski definition) is 1. The Balaban J connectivity index is 2.38. The molecule has 88 valence electrons. The first-order valence-corrected chi connectivity index (χ1v) is 5.43. The molecule has 2 atom stereocenters. The van der Waals surface area contributed by atoms with Crippen molar-refractivity contribution < 1.29 is 4.79 Å². The second-order valence-corrected chi connectivity index (χ2v) is 4.49. The minimum absolute atomic E-state index is 0.104. The maximum absolute atomic E-state index is 11.8. The molecule has 1 aliphatic heterocycles. The number of aryl methyl sites for hydroxylation is 1. The third-order valence-electron chi connectivity index (χ3n) is 3.01. The van der Waals surface area contributed by atoms with E-state index in [-0.39, 0.29) is 24.0 Å². The fraction of sp³-hybridized carbons (Fsp3) is 0.700. The smallest absolute Gasteiger partial charge is 0.225 e. The summed E-state index contributed by atoms with van der Waals surface area (Å²) in [7, 11) is 1.82. The van der Waals surface area contributed by atoms with Crippen molar-refractivity contribution in [3.8, 4) is 0 Å². The van der Waals surface area contributed by atoms with E-state index in [1.54, 1.807) is 10.9 Å². The predicted octanol–water partition coefficient (Wildman–Crippen LogP) is -0.176. The van der Waals surface area contributed by atoms with Crippen LogP contribution in [0.25, 0.3) is 0 Å². The quantitative estimate of drug-likeness (QED) is 0.754. The van der Waals surface area contributed by atoms with Crippen LogP contribution in [0.3, 0.4) is 0 Å². The average Bonchev–Trinajstić information content (AvgIpc) is 2.69. The summed E-state index contributed by atoms with van der Waals surface area (Å²) < 4.78 is 1.68. The van der Waals surface area contributed by atoms with Crippen molar-refractivity contribution in [3.05, 3.63) is 11.9 Å². The van der Waals surface area contributed by atoms with Gasteiger partial charge in [-0.25, -0.2) is 0 Å². The van der Waals surface area contributed by atoms with E-state index in [2.05, 4.69) is 10.3 Å². The molecule has 0 aliphatic carbocycles. The lowest BCUT2D eigenvalue weighted by Gasteiger charge is -2.29. The Hall–Kier alpha value is -1.43. The van der Waals surface area contributed by atoms with Gasteiger partial charge in [0.25, 0.3) is 0 Å². The van der Waals surface area contributed by atoms with E-state index < -0.39 is 0 Å². The lowest BCUT2D eigenvalue weighted by molar-refractivity contribution is -0.130. The van der Waals surface area contributed by atoms with Gasteiger partial charge in [-0.2, -0.15) is 0 Å². The molecule has 0 bridgehead atoms. The number of carbonyl (C=O) groups is 1. The van der Waals surface area contributed by atoms with Crippen LogP contribution in [-0.2, 0) is 11.8 Å². The van der Waals surface area contributed by atoms with Crippen LogP contribution in [0, 0.1) is 0 Å². The van der Waals surface area contributed by atoms with Crippen LogP contribution in [0.5, 0.6) is 0 Å². The molecule has 0 spiro atoms. The predicted molar refractivity (Wildman–Crippen MR) is 58.3 cm³/mol. The molecule has 0 aromatic carbocycles. The van der Waals surface area contributed by atoms with Gasteiger partial charge in [0.1, 0.15) is 0 Å². The lowest BCUT2D eigenvalue weighted by atomic mass is 10.1. The zero-order valence-corrected chi connectivity index (χ0v) is 9.79. The highest BCUT2D eigenvalue weighted by Crippen LogP contribution is 2.32. The Bertz CT molecular complexity index is 400. The number of rotatable bonds is 2. The normalized spacial score (nSPS) is 25.8. The summed E-state index contributed by atoms with van der Waals surface area (Å²) >= 11 is 0. The first-order valence-electron chi connectivity index (χ1n) is 5.43. The fourth-order valence-electron chi connectivity index (χ4n) is 2.32. The van der Waals surface area contributed by atoms with Crippen LogP contribution in [0.2, 0.25) is 0 Å². The van der Waals surface area contributed by atoms with E-state index in [0.717, 1.165) is 5.69 Å². The molecule has 16 heavy (non-hydrogen) atoms. The van der Waals surface area contributed by atoms with Crippen LogP contribution in [0.4, 0.5) is 0 Å². The summed E-state index contributed by atoms with van der Waals surface area (Å²) in [4.78, 5) is 13.7. The molecule has 1 fully saturated rings. The summed E-state index contributed by atoms with van der Waals surface area (Å²) in [6, 6.07) is -0.138. The standard InChI is InChI=1S/C10H17N5O/c1-6(2)15-9(16)4-7(11)10(15)8-5-12-13-14(8)3/h5-7,10H,4,11H2,1-3H3/t7-,10-/m0/s1. The van der Waals surface area contributed by atoms with Crippen molar-refractivity contribution in [1.82, 2.24) is 19.9 Å². The zero-order chi connectivity index (χ0) is 11.9. The fourth-order valence-corrected chi connectivity index (χ4v) is 2.32. The van der Waals surface area contributed by atoms with Crippen molar-refractivity contribution in [2.75, 3.05) is 0 Å². The van der Waals surface area contributed by atoms with Gasteiger partial charge in [0.05, 0.1) is 17.9 Å². The van der Waals surface area contributed by atoms with Gasteiger partial charge in [-0.15, -0.1) is 5.10 Å². The number of nitrogens with zero attached hydrogens (tertiary/aromatic N) is 4. The summed E-state index contributed by atoms with van der Waals surface area (Å²) in [6.07, 6.45) is 2.08. The molecule has 1 aliphatic rings. The molecule has 2 rings (SSSR count). The molecule has 1 aromatic rings. The van der Waals surface area contributed by atoms with Crippen molar-refractivity contribution in [2.45, 2.75) is 38.4 Å². The van der Waals surface area contributed by atoms with E-state index in [1.165, 1.54) is 0 Å². The summed E-state index contributed by atoms with van der Waals surface area (Å²) in [5.41, 5.74) is 6.92. The van der Waals surface area contributed by atoms with Gasteiger partial charge in [0.2, 0.25) is 5.91 Å². The SMILES string of the molecule is CC(C)N1C(=O)C[C@H](N)[C@H]1c1cnnn1C. The van der Waals surface area contributed by atoms with Gasteiger partial charge in [-0.1, -0.05) is 5.21 Å². The van der Waals surface area contributed by atoms with Gasteiger partial charge in [0, 0.05) is 25.6 Å². The Morgan fingerprint density at radius 3 is 2.75 bits per heavy atom. The van der Waals surface area contributed by atoms with Crippen molar-refractivity contribution in [3.63, 3.8) is 0 Å². The molecule has 6 heteroatoms. The Kier molecular flexibility index (Phi) is 2.67. The van der Waals surface area contributed by atoms with Crippen LogP contribution in [-0.4, -0.2) is 37.9 Å². The Morgan fingerprint density at radius 2 is 2.25 bits per heavy atom. The third-order valence-corrected chi connectivity index (χ3v) is 3.01. The maximum atomic E-state index is 11.8. The summed E-state index contributed by atoms with van der Waals surface area (Å²) in [5, 5.41) is 7.73.